The second kappa shape index (κ2) is 5.95. The summed E-state index contributed by atoms with van der Waals surface area (Å²) in [6.07, 6.45) is 1.67. The summed E-state index contributed by atoms with van der Waals surface area (Å²) in [4.78, 5) is 2.49. The quantitative estimate of drug-likeness (QED) is 0.881. The van der Waals surface area contributed by atoms with Crippen molar-refractivity contribution in [1.82, 2.24) is 0 Å². The third-order valence-corrected chi connectivity index (χ3v) is 4.98. The first kappa shape index (κ1) is 13.7. The average Bonchev–Trinajstić information content (AvgIpc) is 2.82. The average molecular weight is 328 g/mol. The molecular weight excluding hydrogens is 313 g/mol. The molecule has 0 aliphatic heterocycles. The normalized spacial score (nSPS) is 12.7. The summed E-state index contributed by atoms with van der Waals surface area (Å²) < 4.78 is 14.1. The molecular formula is C14H15BrFNS. The summed E-state index contributed by atoms with van der Waals surface area (Å²) >= 11 is 5.17. The van der Waals surface area contributed by atoms with Crippen LogP contribution in [0.1, 0.15) is 28.3 Å². The van der Waals surface area contributed by atoms with Crippen molar-refractivity contribution in [3.8, 4) is 0 Å². The molecule has 0 fully saturated rings. The second-order valence-corrected chi connectivity index (χ2v) is 6.26. The molecule has 0 bridgehead atoms. The van der Waals surface area contributed by atoms with Crippen LogP contribution in [0.5, 0.6) is 0 Å². The highest BCUT2D eigenvalue weighted by Gasteiger charge is 2.12. The summed E-state index contributed by atoms with van der Waals surface area (Å²) in [6.45, 7) is 2.13. The zero-order valence-electron chi connectivity index (χ0n) is 10.1. The lowest BCUT2D eigenvalue weighted by molar-refractivity contribution is 0.622. The van der Waals surface area contributed by atoms with Gasteiger partial charge in [0.15, 0.2) is 0 Å². The molecule has 0 amide bonds. The molecule has 2 rings (SSSR count). The topological polar surface area (TPSA) is 26.0 Å². The predicted octanol–water partition coefficient (Wildman–Crippen LogP) is 4.45. The van der Waals surface area contributed by atoms with Crippen molar-refractivity contribution in [3.05, 3.63) is 55.9 Å². The maximum absolute atomic E-state index is 13.2. The van der Waals surface area contributed by atoms with Gasteiger partial charge in [-0.05, 0) is 48.7 Å². The Hall–Kier alpha value is -0.710. The van der Waals surface area contributed by atoms with Gasteiger partial charge in [-0.15, -0.1) is 11.3 Å². The molecule has 0 spiro atoms. The largest absolute Gasteiger partial charge is 0.323 e. The van der Waals surface area contributed by atoms with Crippen molar-refractivity contribution in [2.75, 3.05) is 0 Å². The molecule has 0 aliphatic carbocycles. The Labute approximate surface area is 119 Å². The maximum Gasteiger partial charge on any atom is 0.123 e. The van der Waals surface area contributed by atoms with E-state index in [-0.39, 0.29) is 11.9 Å². The highest BCUT2D eigenvalue weighted by molar-refractivity contribution is 9.10. The van der Waals surface area contributed by atoms with Crippen LogP contribution >= 0.6 is 27.3 Å². The summed E-state index contributed by atoms with van der Waals surface area (Å²) in [7, 11) is 0. The predicted molar refractivity (Wildman–Crippen MR) is 78.4 cm³/mol. The number of thiophene rings is 1. The highest BCUT2D eigenvalue weighted by atomic mass is 79.9. The molecule has 0 aliphatic rings. The lowest BCUT2D eigenvalue weighted by atomic mass is 10.1. The van der Waals surface area contributed by atoms with Gasteiger partial charge < -0.3 is 5.73 Å². The third-order valence-electron chi connectivity index (χ3n) is 2.84. The van der Waals surface area contributed by atoms with Gasteiger partial charge in [0.2, 0.25) is 0 Å². The van der Waals surface area contributed by atoms with E-state index in [0.717, 1.165) is 21.3 Å². The minimum Gasteiger partial charge on any atom is -0.323 e. The molecule has 0 saturated heterocycles. The van der Waals surface area contributed by atoms with E-state index in [2.05, 4.69) is 35.0 Å². The SMILES string of the molecule is CCc1ccc(C(N)Cc2cc(F)ccc2Br)s1. The van der Waals surface area contributed by atoms with Gasteiger partial charge in [-0.3, -0.25) is 0 Å². The second-order valence-electron chi connectivity index (χ2n) is 4.20. The number of aryl methyl sites for hydroxylation is 1. The van der Waals surface area contributed by atoms with Gasteiger partial charge in [-0.25, -0.2) is 4.39 Å². The van der Waals surface area contributed by atoms with Crippen LogP contribution in [0.4, 0.5) is 4.39 Å². The zero-order valence-corrected chi connectivity index (χ0v) is 12.5. The molecule has 96 valence electrons. The van der Waals surface area contributed by atoms with Crippen molar-refractivity contribution in [3.63, 3.8) is 0 Å². The molecule has 0 radical (unpaired) electrons. The van der Waals surface area contributed by atoms with Gasteiger partial charge in [-0.2, -0.15) is 0 Å². The molecule has 18 heavy (non-hydrogen) atoms. The Morgan fingerprint density at radius 2 is 2.11 bits per heavy atom. The minimum atomic E-state index is -0.221. The lowest BCUT2D eigenvalue weighted by Gasteiger charge is -2.11. The Bertz CT molecular complexity index is 538. The number of benzene rings is 1. The Morgan fingerprint density at radius 3 is 2.78 bits per heavy atom. The highest BCUT2D eigenvalue weighted by Crippen LogP contribution is 2.27. The molecule has 2 N–H and O–H groups in total. The maximum atomic E-state index is 13.2. The summed E-state index contributed by atoms with van der Waals surface area (Å²) in [6, 6.07) is 8.82. The fourth-order valence-electron chi connectivity index (χ4n) is 1.82. The van der Waals surface area contributed by atoms with E-state index in [9.17, 15) is 4.39 Å². The number of hydrogen-bond donors (Lipinski definition) is 1. The molecule has 0 saturated carbocycles. The Balaban J connectivity index is 2.15. The molecule has 1 aromatic carbocycles. The lowest BCUT2D eigenvalue weighted by Crippen LogP contribution is -2.12. The van der Waals surface area contributed by atoms with E-state index in [4.69, 9.17) is 5.73 Å². The van der Waals surface area contributed by atoms with Gasteiger partial charge in [0.25, 0.3) is 0 Å². The minimum absolute atomic E-state index is 0.0756. The van der Waals surface area contributed by atoms with Crippen molar-refractivity contribution in [2.24, 2.45) is 5.73 Å². The first-order valence-corrected chi connectivity index (χ1v) is 7.49. The smallest absolute Gasteiger partial charge is 0.123 e. The fourth-order valence-corrected chi connectivity index (χ4v) is 3.18. The van der Waals surface area contributed by atoms with Crippen molar-refractivity contribution < 1.29 is 4.39 Å². The standard InChI is InChI=1S/C14H15BrFNS/c1-2-11-4-6-14(18-11)13(17)8-9-7-10(16)3-5-12(9)15/h3-7,13H,2,8,17H2,1H3. The van der Waals surface area contributed by atoms with Crippen LogP contribution in [0.2, 0.25) is 0 Å². The van der Waals surface area contributed by atoms with Crippen LogP contribution in [-0.4, -0.2) is 0 Å². The molecule has 1 aromatic heterocycles. The molecule has 1 unspecified atom stereocenters. The number of hydrogen-bond acceptors (Lipinski definition) is 2. The van der Waals surface area contributed by atoms with E-state index < -0.39 is 0 Å². The van der Waals surface area contributed by atoms with Crippen molar-refractivity contribution >= 4 is 27.3 Å². The van der Waals surface area contributed by atoms with Crippen LogP contribution in [0.25, 0.3) is 0 Å². The van der Waals surface area contributed by atoms with E-state index in [1.165, 1.54) is 17.0 Å². The third kappa shape index (κ3) is 3.19. The number of nitrogens with two attached hydrogens (primary N) is 1. The van der Waals surface area contributed by atoms with Crippen LogP contribution in [0.15, 0.2) is 34.8 Å². The van der Waals surface area contributed by atoms with Gasteiger partial charge in [0.1, 0.15) is 5.82 Å². The van der Waals surface area contributed by atoms with Gasteiger partial charge in [0.05, 0.1) is 0 Å². The van der Waals surface area contributed by atoms with Gasteiger partial charge >= 0.3 is 0 Å². The zero-order chi connectivity index (χ0) is 13.1. The van der Waals surface area contributed by atoms with E-state index in [1.807, 2.05) is 0 Å². The van der Waals surface area contributed by atoms with Crippen LogP contribution in [0.3, 0.4) is 0 Å². The molecule has 1 atom stereocenters. The molecule has 2 aromatic rings. The summed E-state index contributed by atoms with van der Waals surface area (Å²) in [5.41, 5.74) is 7.09. The van der Waals surface area contributed by atoms with Crippen LogP contribution in [0, 0.1) is 5.82 Å². The molecule has 1 heterocycles. The Kier molecular flexibility index (Phi) is 4.54. The van der Waals surface area contributed by atoms with Gasteiger partial charge in [-0.1, -0.05) is 22.9 Å². The summed E-state index contributed by atoms with van der Waals surface area (Å²) in [5.74, 6) is -0.221. The fraction of sp³-hybridized carbons (Fsp3) is 0.286. The molecule has 1 nitrogen and oxygen atoms in total. The first-order valence-electron chi connectivity index (χ1n) is 5.88. The number of rotatable bonds is 4. The van der Waals surface area contributed by atoms with E-state index in [1.54, 1.807) is 17.4 Å². The molecule has 4 heteroatoms. The number of halogens is 2. The van der Waals surface area contributed by atoms with E-state index >= 15 is 0 Å². The summed E-state index contributed by atoms with van der Waals surface area (Å²) in [5, 5.41) is 0. The van der Waals surface area contributed by atoms with Crippen LogP contribution in [-0.2, 0) is 12.8 Å². The van der Waals surface area contributed by atoms with Crippen molar-refractivity contribution in [1.29, 1.82) is 0 Å². The van der Waals surface area contributed by atoms with Gasteiger partial charge in [0, 0.05) is 20.3 Å². The monoisotopic (exact) mass is 327 g/mol. The van der Waals surface area contributed by atoms with Crippen molar-refractivity contribution in [2.45, 2.75) is 25.8 Å². The Morgan fingerprint density at radius 1 is 1.33 bits per heavy atom. The van der Waals surface area contributed by atoms with E-state index in [0.29, 0.717) is 6.42 Å². The van der Waals surface area contributed by atoms with Crippen LogP contribution < -0.4 is 5.73 Å². The first-order chi connectivity index (χ1) is 8.60.